The highest BCUT2D eigenvalue weighted by Crippen LogP contribution is 2.46. The van der Waals surface area contributed by atoms with Crippen LogP contribution in [-0.4, -0.2) is 81.0 Å². The highest BCUT2D eigenvalue weighted by Gasteiger charge is 2.46. The van der Waals surface area contributed by atoms with Gasteiger partial charge < -0.3 is 24.2 Å². The molecule has 0 aromatic heterocycles. The zero-order valence-corrected chi connectivity index (χ0v) is 18.8. The number of benzene rings is 2. The van der Waals surface area contributed by atoms with Crippen LogP contribution in [0.1, 0.15) is 33.4 Å². The lowest BCUT2D eigenvalue weighted by Crippen LogP contribution is -2.52. The van der Waals surface area contributed by atoms with Crippen LogP contribution in [0.2, 0.25) is 0 Å². The maximum absolute atomic E-state index is 14.9. The van der Waals surface area contributed by atoms with Crippen LogP contribution in [0.25, 0.3) is 0 Å². The van der Waals surface area contributed by atoms with Crippen molar-refractivity contribution >= 4 is 11.8 Å². The average molecular weight is 442 g/mol. The Bertz CT molecular complexity index is 1040. The molecule has 2 aromatic carbocycles. The van der Waals surface area contributed by atoms with Gasteiger partial charge in [0.15, 0.2) is 11.5 Å². The van der Waals surface area contributed by atoms with Gasteiger partial charge in [-0.15, -0.1) is 0 Å². The quantitative estimate of drug-likeness (QED) is 0.730. The standard InChI is InChI=1S/C24H28FN3O4/c1-26-9-11-28(12-10-26)24(30)21-16-13-19(31-3)20(32-4)14-17(16)23(29)27(2)22(21)15-7-5-6-8-18(15)25/h5-8,13-14,21-22H,9-12H2,1-4H3/t21-,22+/m1/s1. The van der Waals surface area contributed by atoms with Gasteiger partial charge in [0, 0.05) is 44.4 Å². The molecule has 0 N–H and O–H groups in total. The Hall–Kier alpha value is -3.13. The van der Waals surface area contributed by atoms with Gasteiger partial charge in [0.2, 0.25) is 5.91 Å². The van der Waals surface area contributed by atoms with E-state index in [2.05, 4.69) is 4.90 Å². The third-order valence-corrected chi connectivity index (χ3v) is 6.48. The summed E-state index contributed by atoms with van der Waals surface area (Å²) in [6, 6.07) is 8.83. The maximum Gasteiger partial charge on any atom is 0.254 e. The highest BCUT2D eigenvalue weighted by atomic mass is 19.1. The Morgan fingerprint density at radius 1 is 0.969 bits per heavy atom. The van der Waals surface area contributed by atoms with E-state index in [1.54, 1.807) is 37.4 Å². The molecule has 0 unspecified atom stereocenters. The summed E-state index contributed by atoms with van der Waals surface area (Å²) in [5, 5.41) is 0. The van der Waals surface area contributed by atoms with Gasteiger partial charge in [-0.1, -0.05) is 18.2 Å². The van der Waals surface area contributed by atoms with Crippen LogP contribution in [0, 0.1) is 5.82 Å². The molecule has 2 aromatic rings. The molecular formula is C24H28FN3O4. The van der Waals surface area contributed by atoms with Crippen LogP contribution in [0.5, 0.6) is 11.5 Å². The molecule has 0 radical (unpaired) electrons. The van der Waals surface area contributed by atoms with Crippen molar-refractivity contribution in [2.45, 2.75) is 12.0 Å². The van der Waals surface area contributed by atoms with Gasteiger partial charge in [0.25, 0.3) is 5.91 Å². The predicted octanol–water partition coefficient (Wildman–Crippen LogP) is 2.53. The van der Waals surface area contributed by atoms with E-state index in [4.69, 9.17) is 9.47 Å². The first kappa shape index (κ1) is 22.1. The minimum absolute atomic E-state index is 0.126. The summed E-state index contributed by atoms with van der Waals surface area (Å²) in [6.07, 6.45) is 0. The third kappa shape index (κ3) is 3.68. The molecule has 2 amide bonds. The van der Waals surface area contributed by atoms with Crippen LogP contribution in [-0.2, 0) is 4.79 Å². The van der Waals surface area contributed by atoms with Crippen molar-refractivity contribution in [1.82, 2.24) is 14.7 Å². The first-order valence-electron chi connectivity index (χ1n) is 10.6. The number of nitrogens with zero attached hydrogens (tertiary/aromatic N) is 3. The van der Waals surface area contributed by atoms with E-state index < -0.39 is 17.8 Å². The lowest BCUT2D eigenvalue weighted by Gasteiger charge is -2.43. The number of likely N-dealkylation sites (N-methyl/N-ethyl adjacent to an activating group) is 2. The number of halogens is 1. The van der Waals surface area contributed by atoms with E-state index in [9.17, 15) is 14.0 Å². The van der Waals surface area contributed by atoms with E-state index in [-0.39, 0.29) is 11.8 Å². The number of piperazine rings is 1. The summed E-state index contributed by atoms with van der Waals surface area (Å²) < 4.78 is 25.8. The van der Waals surface area contributed by atoms with Crippen LogP contribution in [0.4, 0.5) is 4.39 Å². The Balaban J connectivity index is 1.89. The molecule has 32 heavy (non-hydrogen) atoms. The van der Waals surface area contributed by atoms with Gasteiger partial charge >= 0.3 is 0 Å². The molecular weight excluding hydrogens is 413 g/mol. The number of fused-ring (bicyclic) bond motifs is 1. The van der Waals surface area contributed by atoms with Gasteiger partial charge in [-0.05, 0) is 30.8 Å². The molecule has 170 valence electrons. The molecule has 2 aliphatic rings. The summed E-state index contributed by atoms with van der Waals surface area (Å²) in [7, 11) is 6.63. The second kappa shape index (κ2) is 8.78. The van der Waals surface area contributed by atoms with Crippen molar-refractivity contribution in [3.8, 4) is 11.5 Å². The molecule has 2 heterocycles. The number of ether oxygens (including phenoxy) is 2. The normalized spacial score (nSPS) is 21.3. The highest BCUT2D eigenvalue weighted by molar-refractivity contribution is 6.02. The lowest BCUT2D eigenvalue weighted by atomic mass is 9.78. The fraction of sp³-hybridized carbons (Fsp3) is 0.417. The van der Waals surface area contributed by atoms with E-state index in [1.807, 2.05) is 11.9 Å². The average Bonchev–Trinajstić information content (AvgIpc) is 2.81. The minimum atomic E-state index is -0.776. The van der Waals surface area contributed by atoms with Crippen LogP contribution in [0.15, 0.2) is 36.4 Å². The van der Waals surface area contributed by atoms with Crippen molar-refractivity contribution < 1.29 is 23.5 Å². The summed E-state index contributed by atoms with van der Waals surface area (Å²) in [4.78, 5) is 32.7. The van der Waals surface area contributed by atoms with Gasteiger partial charge in [0.1, 0.15) is 5.82 Å². The molecule has 4 rings (SSSR count). The van der Waals surface area contributed by atoms with Gasteiger partial charge in [-0.25, -0.2) is 4.39 Å². The largest absolute Gasteiger partial charge is 0.493 e. The molecule has 2 atom stereocenters. The van der Waals surface area contributed by atoms with E-state index in [0.29, 0.717) is 41.3 Å². The fourth-order valence-electron chi connectivity index (χ4n) is 4.64. The van der Waals surface area contributed by atoms with Crippen molar-refractivity contribution in [2.75, 3.05) is 54.5 Å². The molecule has 8 heteroatoms. The number of rotatable bonds is 4. The number of carbonyl (C=O) groups is 2. The number of hydrogen-bond acceptors (Lipinski definition) is 5. The summed E-state index contributed by atoms with van der Waals surface area (Å²) in [6.45, 7) is 2.68. The third-order valence-electron chi connectivity index (χ3n) is 6.48. The Labute approximate surface area is 187 Å². The SMILES string of the molecule is COc1cc2c(cc1OC)[C@@H](C(=O)N1CCN(C)CC1)[C@H](c1ccccc1F)N(C)C2=O. The number of carbonyl (C=O) groups excluding carboxylic acids is 2. The summed E-state index contributed by atoms with van der Waals surface area (Å²) in [5.74, 6) is -0.809. The van der Waals surface area contributed by atoms with E-state index in [1.165, 1.54) is 25.2 Å². The molecule has 1 saturated heterocycles. The van der Waals surface area contributed by atoms with Crippen LogP contribution < -0.4 is 9.47 Å². The van der Waals surface area contributed by atoms with Crippen molar-refractivity contribution in [3.63, 3.8) is 0 Å². The Morgan fingerprint density at radius 3 is 2.22 bits per heavy atom. The zero-order valence-electron chi connectivity index (χ0n) is 18.8. The first-order valence-corrected chi connectivity index (χ1v) is 10.6. The van der Waals surface area contributed by atoms with Crippen molar-refractivity contribution in [3.05, 3.63) is 58.9 Å². The Morgan fingerprint density at radius 2 is 1.59 bits per heavy atom. The molecule has 0 aliphatic carbocycles. The fourth-order valence-corrected chi connectivity index (χ4v) is 4.64. The topological polar surface area (TPSA) is 62.3 Å². The van der Waals surface area contributed by atoms with E-state index in [0.717, 1.165) is 13.1 Å². The van der Waals surface area contributed by atoms with Gasteiger partial charge in [0.05, 0.1) is 26.2 Å². The van der Waals surface area contributed by atoms with Crippen molar-refractivity contribution in [2.24, 2.45) is 0 Å². The number of methoxy groups -OCH3 is 2. The molecule has 1 fully saturated rings. The first-order chi connectivity index (χ1) is 15.4. The smallest absolute Gasteiger partial charge is 0.254 e. The number of hydrogen-bond donors (Lipinski definition) is 0. The molecule has 0 spiro atoms. The van der Waals surface area contributed by atoms with Crippen molar-refractivity contribution in [1.29, 1.82) is 0 Å². The van der Waals surface area contributed by atoms with Gasteiger partial charge in [-0.2, -0.15) is 0 Å². The Kier molecular flexibility index (Phi) is 6.06. The van der Waals surface area contributed by atoms with Crippen LogP contribution in [0.3, 0.4) is 0 Å². The summed E-state index contributed by atoms with van der Waals surface area (Å²) in [5.41, 5.74) is 1.21. The van der Waals surface area contributed by atoms with E-state index >= 15 is 0 Å². The minimum Gasteiger partial charge on any atom is -0.493 e. The molecule has 2 aliphatic heterocycles. The molecule has 0 bridgehead atoms. The second-order valence-electron chi connectivity index (χ2n) is 8.28. The lowest BCUT2D eigenvalue weighted by molar-refractivity contribution is -0.136. The molecule has 7 nitrogen and oxygen atoms in total. The monoisotopic (exact) mass is 441 g/mol. The summed E-state index contributed by atoms with van der Waals surface area (Å²) >= 11 is 0. The maximum atomic E-state index is 14.9. The van der Waals surface area contributed by atoms with Gasteiger partial charge in [-0.3, -0.25) is 9.59 Å². The number of amides is 2. The second-order valence-corrected chi connectivity index (χ2v) is 8.28. The zero-order chi connectivity index (χ0) is 23.0. The molecule has 0 saturated carbocycles. The predicted molar refractivity (Wildman–Crippen MR) is 118 cm³/mol. The van der Waals surface area contributed by atoms with Crippen LogP contribution >= 0.6 is 0 Å².